The van der Waals surface area contributed by atoms with Gasteiger partial charge in [-0.2, -0.15) is 0 Å². The van der Waals surface area contributed by atoms with Gasteiger partial charge in [-0.15, -0.1) is 0 Å². The Balaban J connectivity index is 1.98. The molecule has 0 atom stereocenters. The zero-order valence-corrected chi connectivity index (χ0v) is 11.6. The highest BCUT2D eigenvalue weighted by atomic mass is 32.2. The maximum absolute atomic E-state index is 11.1. The van der Waals surface area contributed by atoms with Crippen LogP contribution in [0.1, 0.15) is 25.5 Å². The highest BCUT2D eigenvalue weighted by molar-refractivity contribution is 7.88. The van der Waals surface area contributed by atoms with E-state index in [2.05, 4.69) is 28.5 Å². The molecule has 1 fully saturated rings. The van der Waals surface area contributed by atoms with Crippen LogP contribution in [-0.4, -0.2) is 43.8 Å². The topological polar surface area (TPSA) is 75.2 Å². The summed E-state index contributed by atoms with van der Waals surface area (Å²) in [6.07, 6.45) is 2.92. The number of aromatic nitrogens is 2. The van der Waals surface area contributed by atoms with Crippen molar-refractivity contribution in [3.05, 3.63) is 18.0 Å². The first-order valence-electron chi connectivity index (χ1n) is 5.90. The van der Waals surface area contributed by atoms with Crippen LogP contribution in [0, 0.1) is 0 Å². The zero-order chi connectivity index (χ0) is 13.3. The van der Waals surface area contributed by atoms with Crippen LogP contribution in [0.15, 0.2) is 12.3 Å². The Morgan fingerprint density at radius 2 is 2.11 bits per heavy atom. The Hall–Kier alpha value is -1.21. The summed E-state index contributed by atoms with van der Waals surface area (Å²) in [5.41, 5.74) is 1.000. The fraction of sp³-hybridized carbons (Fsp3) is 0.636. The molecule has 1 aliphatic rings. The first-order chi connectivity index (χ1) is 8.35. The molecule has 0 radical (unpaired) electrons. The van der Waals surface area contributed by atoms with E-state index in [-0.39, 0.29) is 6.04 Å². The highest BCUT2D eigenvalue weighted by Gasteiger charge is 2.30. The van der Waals surface area contributed by atoms with E-state index in [0.29, 0.717) is 25.0 Å². The lowest BCUT2D eigenvalue weighted by atomic mass is 10.1. The van der Waals surface area contributed by atoms with Crippen LogP contribution in [-0.2, 0) is 10.0 Å². The van der Waals surface area contributed by atoms with E-state index in [0.717, 1.165) is 5.69 Å². The minimum Gasteiger partial charge on any atom is -0.337 e. The molecule has 1 aliphatic heterocycles. The monoisotopic (exact) mass is 270 g/mol. The van der Waals surface area contributed by atoms with Gasteiger partial charge < -0.3 is 4.90 Å². The van der Waals surface area contributed by atoms with Crippen molar-refractivity contribution in [1.82, 2.24) is 14.7 Å². The Kier molecular flexibility index (Phi) is 3.54. The number of nitrogens with one attached hydrogen (secondary N) is 1. The third-order valence-electron chi connectivity index (χ3n) is 2.80. The fourth-order valence-electron chi connectivity index (χ4n) is 1.85. The number of anilines is 1. The van der Waals surface area contributed by atoms with Gasteiger partial charge in [0.15, 0.2) is 0 Å². The van der Waals surface area contributed by atoms with Crippen molar-refractivity contribution in [1.29, 1.82) is 0 Å². The molecule has 0 spiro atoms. The quantitative estimate of drug-likeness (QED) is 0.854. The van der Waals surface area contributed by atoms with Gasteiger partial charge in [0.1, 0.15) is 0 Å². The lowest BCUT2D eigenvalue weighted by molar-refractivity contribution is 0.463. The lowest BCUT2D eigenvalue weighted by Gasteiger charge is -2.39. The first kappa shape index (κ1) is 13.2. The average molecular weight is 270 g/mol. The van der Waals surface area contributed by atoms with Gasteiger partial charge in [0.2, 0.25) is 16.0 Å². The van der Waals surface area contributed by atoms with Crippen LogP contribution in [0.3, 0.4) is 0 Å². The number of hydrogen-bond donors (Lipinski definition) is 1. The third kappa shape index (κ3) is 3.17. The van der Waals surface area contributed by atoms with E-state index in [1.54, 1.807) is 6.20 Å². The molecule has 0 aromatic carbocycles. The maximum atomic E-state index is 11.1. The summed E-state index contributed by atoms with van der Waals surface area (Å²) in [6, 6.07) is 1.87. The summed E-state index contributed by atoms with van der Waals surface area (Å²) in [6.45, 7) is 5.40. The molecule has 18 heavy (non-hydrogen) atoms. The van der Waals surface area contributed by atoms with Crippen molar-refractivity contribution in [2.45, 2.75) is 25.8 Å². The smallest absolute Gasteiger partial charge is 0.225 e. The molecule has 1 saturated heterocycles. The van der Waals surface area contributed by atoms with Gasteiger partial charge in [0.05, 0.1) is 12.3 Å². The van der Waals surface area contributed by atoms with E-state index >= 15 is 0 Å². The van der Waals surface area contributed by atoms with Gasteiger partial charge >= 0.3 is 0 Å². The van der Waals surface area contributed by atoms with Crippen LogP contribution in [0.4, 0.5) is 5.95 Å². The standard InChI is InChI=1S/C11H18N4O2S/c1-8(2)10-4-5-12-11(13-10)15-6-9(7-15)14-18(3,16)17/h4-5,8-9,14H,6-7H2,1-3H3. The van der Waals surface area contributed by atoms with Gasteiger partial charge in [-0.25, -0.2) is 23.1 Å². The molecular formula is C11H18N4O2S. The number of sulfonamides is 1. The number of nitrogens with zero attached hydrogens (tertiary/aromatic N) is 3. The van der Waals surface area contributed by atoms with E-state index in [4.69, 9.17) is 0 Å². The second kappa shape index (κ2) is 4.81. The lowest BCUT2D eigenvalue weighted by Crippen LogP contribution is -2.59. The number of hydrogen-bond acceptors (Lipinski definition) is 5. The number of rotatable bonds is 4. The first-order valence-corrected chi connectivity index (χ1v) is 7.79. The third-order valence-corrected chi connectivity index (χ3v) is 3.56. The molecule has 2 heterocycles. The molecule has 6 nitrogen and oxygen atoms in total. The van der Waals surface area contributed by atoms with Crippen molar-refractivity contribution in [2.24, 2.45) is 0 Å². The molecule has 0 bridgehead atoms. The van der Waals surface area contributed by atoms with Crippen molar-refractivity contribution in [2.75, 3.05) is 24.2 Å². The summed E-state index contributed by atoms with van der Waals surface area (Å²) in [7, 11) is -3.13. The molecule has 1 aromatic heterocycles. The minimum absolute atomic E-state index is 0.0358. The molecular weight excluding hydrogens is 252 g/mol. The Morgan fingerprint density at radius 1 is 1.44 bits per heavy atom. The normalized spacial score (nSPS) is 17.0. The molecule has 0 unspecified atom stereocenters. The van der Waals surface area contributed by atoms with Crippen molar-refractivity contribution in [3.63, 3.8) is 0 Å². The molecule has 7 heteroatoms. The summed E-state index contributed by atoms with van der Waals surface area (Å²) >= 11 is 0. The molecule has 2 rings (SSSR count). The summed E-state index contributed by atoms with van der Waals surface area (Å²) in [5.74, 6) is 1.03. The van der Waals surface area contributed by atoms with E-state index in [9.17, 15) is 8.42 Å². The fourth-order valence-corrected chi connectivity index (χ4v) is 2.61. The Morgan fingerprint density at radius 3 is 2.67 bits per heavy atom. The average Bonchev–Trinajstić information content (AvgIpc) is 2.21. The maximum Gasteiger partial charge on any atom is 0.225 e. The van der Waals surface area contributed by atoms with Crippen molar-refractivity contribution >= 4 is 16.0 Å². The zero-order valence-electron chi connectivity index (χ0n) is 10.8. The molecule has 1 N–H and O–H groups in total. The molecule has 0 saturated carbocycles. The van der Waals surface area contributed by atoms with E-state index in [1.807, 2.05) is 11.0 Å². The van der Waals surface area contributed by atoms with Crippen molar-refractivity contribution < 1.29 is 8.42 Å². The van der Waals surface area contributed by atoms with Gasteiger partial charge in [-0.1, -0.05) is 13.8 Å². The Labute approximate surface area is 107 Å². The summed E-state index contributed by atoms with van der Waals surface area (Å²) in [5, 5.41) is 0. The largest absolute Gasteiger partial charge is 0.337 e. The molecule has 1 aromatic rings. The van der Waals surface area contributed by atoms with Crippen LogP contribution >= 0.6 is 0 Å². The van der Waals surface area contributed by atoms with E-state index < -0.39 is 10.0 Å². The molecule has 100 valence electrons. The SMILES string of the molecule is CC(C)c1ccnc(N2CC(NS(C)(=O)=O)C2)n1. The van der Waals surface area contributed by atoms with Gasteiger partial charge in [0, 0.05) is 25.0 Å². The van der Waals surface area contributed by atoms with Gasteiger partial charge in [-0.05, 0) is 12.0 Å². The van der Waals surface area contributed by atoms with Gasteiger partial charge in [-0.3, -0.25) is 0 Å². The summed E-state index contributed by atoms with van der Waals surface area (Å²) < 4.78 is 24.7. The highest BCUT2D eigenvalue weighted by Crippen LogP contribution is 2.19. The predicted octanol–water partition coefficient (Wildman–Crippen LogP) is 0.338. The second-order valence-corrected chi connectivity index (χ2v) is 6.71. The van der Waals surface area contributed by atoms with Crippen LogP contribution in [0.2, 0.25) is 0 Å². The Bertz CT molecular complexity index is 524. The second-order valence-electron chi connectivity index (χ2n) is 4.93. The molecule has 0 aliphatic carbocycles. The van der Waals surface area contributed by atoms with Crippen LogP contribution in [0.5, 0.6) is 0 Å². The van der Waals surface area contributed by atoms with Crippen LogP contribution < -0.4 is 9.62 Å². The van der Waals surface area contributed by atoms with E-state index in [1.165, 1.54) is 6.26 Å². The molecule has 0 amide bonds. The van der Waals surface area contributed by atoms with Crippen LogP contribution in [0.25, 0.3) is 0 Å². The summed E-state index contributed by atoms with van der Waals surface area (Å²) in [4.78, 5) is 10.6. The minimum atomic E-state index is -3.13. The van der Waals surface area contributed by atoms with Crippen molar-refractivity contribution in [3.8, 4) is 0 Å². The predicted molar refractivity (Wildman–Crippen MR) is 70.1 cm³/mol. The van der Waals surface area contributed by atoms with Gasteiger partial charge in [0.25, 0.3) is 0 Å².